The van der Waals surface area contributed by atoms with Gasteiger partial charge in [-0.3, -0.25) is 24.0 Å². The number of ether oxygens (including phenoxy) is 2. The van der Waals surface area contributed by atoms with Crippen molar-refractivity contribution in [2.75, 3.05) is 0 Å². The Morgan fingerprint density at radius 2 is 1.00 bits per heavy atom. The number of hydrogen-bond donors (Lipinski definition) is 1. The van der Waals surface area contributed by atoms with Gasteiger partial charge in [0.1, 0.15) is 5.78 Å². The lowest BCUT2D eigenvalue weighted by atomic mass is 9.84. The minimum absolute atomic E-state index is 0.0384. The van der Waals surface area contributed by atoms with E-state index < -0.39 is 47.3 Å². The average molecular weight is 690 g/mol. The first-order valence-electron chi connectivity index (χ1n) is 20.6. The molecule has 1 amide bonds. The zero-order chi connectivity index (χ0) is 35.7. The van der Waals surface area contributed by atoms with Crippen LogP contribution in [0.5, 0.6) is 0 Å². The molecule has 0 bridgehead atoms. The lowest BCUT2D eigenvalue weighted by Gasteiger charge is -2.42. The summed E-state index contributed by atoms with van der Waals surface area (Å²) in [5, 5.41) is 2.72. The van der Waals surface area contributed by atoms with Crippen molar-refractivity contribution < 1.29 is 33.4 Å². The van der Waals surface area contributed by atoms with Gasteiger partial charge in [-0.25, -0.2) is 0 Å². The largest absolute Gasteiger partial charge is 0.455 e. The molecule has 4 atom stereocenters. The Balaban J connectivity index is 2.04. The number of rotatable bonds is 28. The molecule has 1 N–H and O–H groups in total. The number of ketones is 2. The van der Waals surface area contributed by atoms with Gasteiger partial charge in [-0.1, -0.05) is 162 Å². The summed E-state index contributed by atoms with van der Waals surface area (Å²) in [6.45, 7) is 6.58. The molecule has 8 nitrogen and oxygen atoms in total. The van der Waals surface area contributed by atoms with E-state index in [1.807, 2.05) is 0 Å². The van der Waals surface area contributed by atoms with Crippen LogP contribution in [0.4, 0.5) is 0 Å². The number of hydrogen-bond acceptors (Lipinski definition) is 7. The molecule has 0 spiro atoms. The average Bonchev–Trinajstić information content (AvgIpc) is 3.22. The van der Waals surface area contributed by atoms with E-state index in [1.165, 1.54) is 77.0 Å². The van der Waals surface area contributed by atoms with E-state index in [0.29, 0.717) is 19.3 Å². The van der Waals surface area contributed by atoms with Crippen molar-refractivity contribution in [3.63, 3.8) is 0 Å². The molecule has 49 heavy (non-hydrogen) atoms. The summed E-state index contributed by atoms with van der Waals surface area (Å²) < 4.78 is 11.8. The second-order valence-electron chi connectivity index (χ2n) is 15.0. The molecule has 282 valence electrons. The maximum Gasteiger partial charge on any atom is 0.312 e. The van der Waals surface area contributed by atoms with Crippen LogP contribution in [0.25, 0.3) is 0 Å². The third kappa shape index (κ3) is 16.5. The molecule has 0 aromatic heterocycles. The number of nitrogens with one attached hydrogen (secondary N) is 1. The number of amides is 1. The number of cyclic esters (lactones) is 2. The summed E-state index contributed by atoms with van der Waals surface area (Å²) in [5.41, 5.74) is -2.16. The SMILES string of the molecule is CCCCCCCCCCCC(=O)NC1(C2CC(=O)CC(CCCCCCCCC)C(=O)O2)OC(=O)C(CCCCCCCCC)CC1=O. The molecule has 2 rings (SSSR count). The molecule has 2 aliphatic rings. The predicted molar refractivity (Wildman–Crippen MR) is 195 cm³/mol. The van der Waals surface area contributed by atoms with E-state index in [2.05, 4.69) is 26.1 Å². The monoisotopic (exact) mass is 690 g/mol. The summed E-state index contributed by atoms with van der Waals surface area (Å²) in [6.07, 6.45) is 24.8. The Morgan fingerprint density at radius 3 is 1.49 bits per heavy atom. The summed E-state index contributed by atoms with van der Waals surface area (Å²) >= 11 is 0. The first kappa shape index (κ1) is 42.9. The van der Waals surface area contributed by atoms with Crippen molar-refractivity contribution in [3.05, 3.63) is 0 Å². The van der Waals surface area contributed by atoms with E-state index in [-0.39, 0.29) is 31.5 Å². The third-order valence-corrected chi connectivity index (χ3v) is 10.5. The van der Waals surface area contributed by atoms with E-state index >= 15 is 0 Å². The van der Waals surface area contributed by atoms with Crippen molar-refractivity contribution >= 4 is 29.4 Å². The highest BCUT2D eigenvalue weighted by atomic mass is 16.6. The Kier molecular flexibility index (Phi) is 22.5. The quantitative estimate of drug-likeness (QED) is 0.0642. The van der Waals surface area contributed by atoms with Crippen LogP contribution in [0.3, 0.4) is 0 Å². The van der Waals surface area contributed by atoms with Crippen LogP contribution in [0.1, 0.15) is 207 Å². The van der Waals surface area contributed by atoms with Crippen LogP contribution >= 0.6 is 0 Å². The maximum atomic E-state index is 14.0. The van der Waals surface area contributed by atoms with Gasteiger partial charge in [-0.15, -0.1) is 0 Å². The predicted octanol–water partition coefficient (Wildman–Crippen LogP) is 10.0. The second-order valence-corrected chi connectivity index (χ2v) is 15.0. The number of unbranched alkanes of at least 4 members (excludes halogenated alkanes) is 20. The first-order chi connectivity index (χ1) is 23.8. The Labute approximate surface area is 298 Å². The van der Waals surface area contributed by atoms with E-state index in [0.717, 1.165) is 64.2 Å². The third-order valence-electron chi connectivity index (χ3n) is 10.5. The zero-order valence-corrected chi connectivity index (χ0v) is 31.6. The summed E-state index contributed by atoms with van der Waals surface area (Å²) in [4.78, 5) is 67.3. The van der Waals surface area contributed by atoms with E-state index in [9.17, 15) is 24.0 Å². The number of Topliss-reactive ketones (excluding diaryl/α,β-unsaturated/α-hetero) is 2. The van der Waals surface area contributed by atoms with Gasteiger partial charge in [0, 0.05) is 25.7 Å². The highest BCUT2D eigenvalue weighted by molar-refractivity contribution is 6.00. The van der Waals surface area contributed by atoms with Gasteiger partial charge in [0.05, 0.1) is 11.8 Å². The summed E-state index contributed by atoms with van der Waals surface area (Å²) in [6, 6.07) is 0. The molecule has 2 saturated heterocycles. The molecule has 0 aromatic rings. The fourth-order valence-corrected chi connectivity index (χ4v) is 7.33. The van der Waals surface area contributed by atoms with Crippen LogP contribution in [-0.2, 0) is 33.4 Å². The van der Waals surface area contributed by atoms with Gasteiger partial charge in [0.25, 0.3) is 5.72 Å². The molecule has 0 aromatic carbocycles. The maximum absolute atomic E-state index is 14.0. The molecule has 2 aliphatic heterocycles. The highest BCUT2D eigenvalue weighted by Crippen LogP contribution is 2.36. The number of esters is 2. The van der Waals surface area contributed by atoms with Gasteiger partial charge in [0.15, 0.2) is 6.10 Å². The Hall–Kier alpha value is -2.25. The van der Waals surface area contributed by atoms with Gasteiger partial charge >= 0.3 is 11.9 Å². The molecule has 0 aliphatic carbocycles. The van der Waals surface area contributed by atoms with Crippen molar-refractivity contribution in [1.29, 1.82) is 0 Å². The van der Waals surface area contributed by atoms with Gasteiger partial charge in [-0.05, 0) is 19.3 Å². The van der Waals surface area contributed by atoms with Gasteiger partial charge < -0.3 is 14.8 Å². The minimum Gasteiger partial charge on any atom is -0.455 e. The van der Waals surface area contributed by atoms with Gasteiger partial charge in [-0.2, -0.15) is 0 Å². The normalized spacial score (nSPS) is 22.9. The van der Waals surface area contributed by atoms with Crippen LogP contribution in [0.15, 0.2) is 0 Å². The number of carbonyl (C=O) groups excluding carboxylic acids is 5. The summed E-state index contributed by atoms with van der Waals surface area (Å²) in [7, 11) is 0. The highest BCUT2D eigenvalue weighted by Gasteiger charge is 2.58. The molecular formula is C41H71NO7. The minimum atomic E-state index is -2.16. The molecule has 8 heteroatoms. The zero-order valence-electron chi connectivity index (χ0n) is 31.6. The van der Waals surface area contributed by atoms with E-state index in [4.69, 9.17) is 9.47 Å². The summed E-state index contributed by atoms with van der Waals surface area (Å²) in [5.74, 6) is -3.45. The van der Waals surface area contributed by atoms with Crippen LogP contribution in [0.2, 0.25) is 0 Å². The second kappa shape index (κ2) is 25.7. The smallest absolute Gasteiger partial charge is 0.312 e. The van der Waals surface area contributed by atoms with Crippen LogP contribution < -0.4 is 5.32 Å². The first-order valence-corrected chi connectivity index (χ1v) is 20.6. The fourth-order valence-electron chi connectivity index (χ4n) is 7.33. The lowest BCUT2D eigenvalue weighted by molar-refractivity contribution is -0.208. The van der Waals surface area contributed by atoms with Crippen molar-refractivity contribution in [2.24, 2.45) is 11.8 Å². The Bertz CT molecular complexity index is 981. The molecule has 0 saturated carbocycles. The molecular weight excluding hydrogens is 618 g/mol. The Morgan fingerprint density at radius 1 is 0.571 bits per heavy atom. The fraction of sp³-hybridized carbons (Fsp3) is 0.878. The van der Waals surface area contributed by atoms with E-state index in [1.54, 1.807) is 0 Å². The van der Waals surface area contributed by atoms with Crippen LogP contribution in [-0.4, -0.2) is 41.2 Å². The standard InChI is InChI=1S/C41H71NO7/c1-4-7-10-13-16-17-20-23-26-29-38(45)42-41(36(44)31-34(40(47)49-41)28-25-22-19-15-12-9-6-3)37-32-35(43)30-33(39(46)48-37)27-24-21-18-14-11-8-5-2/h33-34,37H,4-32H2,1-3H3,(H,42,45). The molecule has 4 unspecified atom stereocenters. The van der Waals surface area contributed by atoms with Crippen molar-refractivity contribution in [1.82, 2.24) is 5.32 Å². The van der Waals surface area contributed by atoms with Crippen LogP contribution in [0, 0.1) is 11.8 Å². The molecule has 2 heterocycles. The lowest BCUT2D eigenvalue weighted by Crippen LogP contribution is -2.68. The molecule has 0 radical (unpaired) electrons. The van der Waals surface area contributed by atoms with Crippen molar-refractivity contribution in [3.8, 4) is 0 Å². The van der Waals surface area contributed by atoms with Crippen molar-refractivity contribution in [2.45, 2.75) is 219 Å². The van der Waals surface area contributed by atoms with Gasteiger partial charge in [0.2, 0.25) is 11.7 Å². The topological polar surface area (TPSA) is 116 Å². The number of carbonyl (C=O) groups is 5. The molecule has 2 fully saturated rings.